The zero-order valence-electron chi connectivity index (χ0n) is 15.0. The molecule has 8 heteroatoms. The third-order valence-corrected chi connectivity index (χ3v) is 5.50. The van der Waals surface area contributed by atoms with Crippen LogP contribution < -0.4 is 0 Å². The third-order valence-electron chi connectivity index (χ3n) is 4.43. The van der Waals surface area contributed by atoms with Gasteiger partial charge in [0.05, 0.1) is 24.1 Å². The fraction of sp³-hybridized carbons (Fsp3) is 0.444. The van der Waals surface area contributed by atoms with Gasteiger partial charge in [0.15, 0.2) is 5.82 Å². The number of rotatable bonds is 8. The first kappa shape index (κ1) is 18.8. The smallest absolute Gasteiger partial charge is 0.230 e. The maximum Gasteiger partial charge on any atom is 0.230 e. The Kier molecular flexibility index (Phi) is 5.87. The van der Waals surface area contributed by atoms with Gasteiger partial charge in [-0.1, -0.05) is 42.5 Å². The van der Waals surface area contributed by atoms with E-state index in [9.17, 15) is 15.3 Å². The fourth-order valence-electron chi connectivity index (χ4n) is 3.14. The van der Waals surface area contributed by atoms with Gasteiger partial charge in [0.25, 0.3) is 0 Å². The lowest BCUT2D eigenvalue weighted by Gasteiger charge is -2.31. The van der Waals surface area contributed by atoms with E-state index in [0.717, 1.165) is 11.1 Å². The van der Waals surface area contributed by atoms with E-state index in [0.29, 0.717) is 35.2 Å². The van der Waals surface area contributed by atoms with Gasteiger partial charge in [-0.25, -0.2) is 4.98 Å². The maximum absolute atomic E-state index is 10.8. The fourth-order valence-corrected chi connectivity index (χ4v) is 4.27. The van der Waals surface area contributed by atoms with Gasteiger partial charge in [-0.3, -0.25) is 4.90 Å². The summed E-state index contributed by atoms with van der Waals surface area (Å²) in [4.78, 5) is 7.77. The molecule has 0 aliphatic rings. The normalized spacial score (nSPS) is 13.0. The summed E-state index contributed by atoms with van der Waals surface area (Å²) >= 11 is 1.39. The topological polar surface area (TPSA) is 94.1 Å². The average Bonchev–Trinajstić information content (AvgIpc) is 3.17. The molecule has 140 valence electrons. The summed E-state index contributed by atoms with van der Waals surface area (Å²) in [6, 6.07) is 7.65. The minimum Gasteiger partial charge on any atom is -0.492 e. The molecule has 3 N–H and O–H groups in total. The van der Waals surface area contributed by atoms with Gasteiger partial charge < -0.3 is 15.3 Å². The quantitative estimate of drug-likeness (QED) is 0.554. The monoisotopic (exact) mass is 376 g/mol. The molecule has 0 amide bonds. The van der Waals surface area contributed by atoms with Crippen LogP contribution in [0.2, 0.25) is 0 Å². The highest BCUT2D eigenvalue weighted by molar-refractivity contribution is 7.17. The molecule has 0 radical (unpaired) electrons. The van der Waals surface area contributed by atoms with Crippen molar-refractivity contribution < 1.29 is 15.3 Å². The van der Waals surface area contributed by atoms with Crippen LogP contribution in [0.25, 0.3) is 4.96 Å². The molecule has 26 heavy (non-hydrogen) atoms. The van der Waals surface area contributed by atoms with Gasteiger partial charge in [-0.2, -0.15) is 4.52 Å². The Morgan fingerprint density at radius 3 is 2.46 bits per heavy atom. The zero-order valence-corrected chi connectivity index (χ0v) is 15.8. The molecule has 0 bridgehead atoms. The number of hydrogen-bond donors (Lipinski definition) is 3. The standard InChI is InChI=1S/C18H24N4O3S/c1-3-14-19-18-22(20-14)17(25)16(26-18)15(21(8-10-23)9-11-24)13-7-5-4-6-12(13)2/h4-7,15,23-25H,3,8-11H2,1-2H3. The molecule has 3 rings (SSSR count). The summed E-state index contributed by atoms with van der Waals surface area (Å²) in [6.45, 7) is 4.67. The predicted molar refractivity (Wildman–Crippen MR) is 101 cm³/mol. The van der Waals surface area contributed by atoms with Crippen molar-refractivity contribution in [1.82, 2.24) is 19.5 Å². The molecule has 1 unspecified atom stereocenters. The van der Waals surface area contributed by atoms with Crippen LogP contribution in [0, 0.1) is 6.92 Å². The second-order valence-corrected chi connectivity index (χ2v) is 7.12. The Labute approximate surface area is 156 Å². The van der Waals surface area contributed by atoms with Crippen molar-refractivity contribution in [2.45, 2.75) is 26.3 Å². The number of fused-ring (bicyclic) bond motifs is 1. The van der Waals surface area contributed by atoms with Crippen molar-refractivity contribution in [1.29, 1.82) is 0 Å². The highest BCUT2D eigenvalue weighted by Crippen LogP contribution is 2.40. The molecule has 0 aliphatic heterocycles. The van der Waals surface area contributed by atoms with E-state index in [1.165, 1.54) is 15.9 Å². The lowest BCUT2D eigenvalue weighted by Crippen LogP contribution is -2.34. The van der Waals surface area contributed by atoms with Gasteiger partial charge in [-0.05, 0) is 18.1 Å². The summed E-state index contributed by atoms with van der Waals surface area (Å²) < 4.78 is 1.47. The minimum atomic E-state index is -0.297. The Bertz CT molecular complexity index is 871. The maximum atomic E-state index is 10.8. The van der Waals surface area contributed by atoms with Crippen molar-refractivity contribution in [3.8, 4) is 5.88 Å². The Balaban J connectivity index is 2.15. The van der Waals surface area contributed by atoms with Crippen molar-refractivity contribution >= 4 is 16.3 Å². The summed E-state index contributed by atoms with van der Waals surface area (Å²) in [5, 5.41) is 34.2. The van der Waals surface area contributed by atoms with Crippen LogP contribution in [-0.4, -0.2) is 61.1 Å². The molecular weight excluding hydrogens is 352 g/mol. The summed E-state index contributed by atoms with van der Waals surface area (Å²) in [7, 11) is 0. The summed E-state index contributed by atoms with van der Waals surface area (Å²) in [6.07, 6.45) is 0.700. The Morgan fingerprint density at radius 1 is 1.19 bits per heavy atom. The SMILES string of the molecule is CCc1nc2sc(C(c3ccccc3C)N(CCO)CCO)c(O)n2n1. The first-order chi connectivity index (χ1) is 12.6. The van der Waals surface area contributed by atoms with Crippen LogP contribution >= 0.6 is 11.3 Å². The first-order valence-corrected chi connectivity index (χ1v) is 9.50. The Morgan fingerprint density at radius 2 is 1.88 bits per heavy atom. The average molecular weight is 376 g/mol. The zero-order chi connectivity index (χ0) is 18.7. The molecule has 2 heterocycles. The molecule has 0 saturated carbocycles. The number of nitrogens with zero attached hydrogens (tertiary/aromatic N) is 4. The second-order valence-electron chi connectivity index (χ2n) is 6.11. The number of hydrogen-bond acceptors (Lipinski definition) is 7. The van der Waals surface area contributed by atoms with Gasteiger partial charge >= 0.3 is 0 Å². The van der Waals surface area contributed by atoms with Gasteiger partial charge in [-0.15, -0.1) is 5.10 Å². The van der Waals surface area contributed by atoms with E-state index in [-0.39, 0.29) is 25.1 Å². The molecular formula is C18H24N4O3S. The van der Waals surface area contributed by atoms with E-state index < -0.39 is 0 Å². The van der Waals surface area contributed by atoms with Crippen LogP contribution in [0.15, 0.2) is 24.3 Å². The number of aromatic hydroxyl groups is 1. The van der Waals surface area contributed by atoms with Crippen LogP contribution in [0.5, 0.6) is 5.88 Å². The van der Waals surface area contributed by atoms with Gasteiger partial charge in [0.1, 0.15) is 0 Å². The molecule has 0 spiro atoms. The van der Waals surface area contributed by atoms with Gasteiger partial charge in [0, 0.05) is 19.5 Å². The Hall–Kier alpha value is -2.00. The number of aryl methyl sites for hydroxylation is 2. The number of aliphatic hydroxyl groups excluding tert-OH is 2. The van der Waals surface area contributed by atoms with Crippen LogP contribution in [-0.2, 0) is 6.42 Å². The lowest BCUT2D eigenvalue weighted by molar-refractivity contribution is 0.136. The number of aliphatic hydroxyl groups is 2. The molecule has 0 fully saturated rings. The molecule has 3 aromatic rings. The predicted octanol–water partition coefficient (Wildman–Crippen LogP) is 1.74. The van der Waals surface area contributed by atoms with Gasteiger partial charge in [0.2, 0.25) is 10.8 Å². The van der Waals surface area contributed by atoms with Crippen LogP contribution in [0.3, 0.4) is 0 Å². The summed E-state index contributed by atoms with van der Waals surface area (Å²) in [5.41, 5.74) is 2.09. The third kappa shape index (κ3) is 3.45. The first-order valence-electron chi connectivity index (χ1n) is 8.69. The van der Waals surface area contributed by atoms with E-state index in [1.807, 2.05) is 43.0 Å². The van der Waals surface area contributed by atoms with E-state index in [2.05, 4.69) is 10.1 Å². The highest BCUT2D eigenvalue weighted by atomic mass is 32.1. The van der Waals surface area contributed by atoms with Crippen molar-refractivity contribution in [3.63, 3.8) is 0 Å². The number of aromatic nitrogens is 3. The van der Waals surface area contributed by atoms with Crippen molar-refractivity contribution in [2.24, 2.45) is 0 Å². The second kappa shape index (κ2) is 8.13. The molecule has 0 aliphatic carbocycles. The van der Waals surface area contributed by atoms with E-state index >= 15 is 0 Å². The molecule has 7 nitrogen and oxygen atoms in total. The molecule has 0 saturated heterocycles. The molecule has 1 aromatic carbocycles. The molecule has 2 aromatic heterocycles. The number of thiazole rings is 1. The number of benzene rings is 1. The highest BCUT2D eigenvalue weighted by Gasteiger charge is 2.30. The van der Waals surface area contributed by atoms with Crippen molar-refractivity contribution in [3.05, 3.63) is 46.1 Å². The van der Waals surface area contributed by atoms with E-state index in [4.69, 9.17) is 0 Å². The van der Waals surface area contributed by atoms with Crippen LogP contribution in [0.4, 0.5) is 0 Å². The van der Waals surface area contributed by atoms with Crippen LogP contribution in [0.1, 0.15) is 34.8 Å². The van der Waals surface area contributed by atoms with Crippen molar-refractivity contribution in [2.75, 3.05) is 26.3 Å². The van der Waals surface area contributed by atoms with E-state index in [1.54, 1.807) is 0 Å². The minimum absolute atomic E-state index is 0.0378. The lowest BCUT2D eigenvalue weighted by atomic mass is 9.98. The largest absolute Gasteiger partial charge is 0.492 e. The summed E-state index contributed by atoms with van der Waals surface area (Å²) in [5.74, 6) is 0.749. The molecule has 1 atom stereocenters.